The molecule has 1 heterocycles. The molecule has 2 aromatic rings. The van der Waals surface area contributed by atoms with Crippen molar-refractivity contribution < 1.29 is 14.8 Å². The first-order valence-corrected chi connectivity index (χ1v) is 7.05. The maximum atomic E-state index is 10.9. The minimum absolute atomic E-state index is 0.0681. The zero-order chi connectivity index (χ0) is 15.4. The average Bonchev–Trinajstić information content (AvgIpc) is 2.81. The Bertz CT molecular complexity index is 664. The van der Waals surface area contributed by atoms with E-state index < -0.39 is 10.9 Å². The maximum absolute atomic E-state index is 10.9. The fourth-order valence-electron chi connectivity index (χ4n) is 1.88. The third kappa shape index (κ3) is 3.87. The number of nitrogens with one attached hydrogen (secondary N) is 1. The summed E-state index contributed by atoms with van der Waals surface area (Å²) in [5.74, 6) is -0.912. The molecule has 21 heavy (non-hydrogen) atoms. The van der Waals surface area contributed by atoms with E-state index in [4.69, 9.17) is 5.11 Å². The van der Waals surface area contributed by atoms with Crippen molar-refractivity contribution in [3.63, 3.8) is 0 Å². The average molecular weight is 306 g/mol. The number of nitro benzene ring substituents is 1. The van der Waals surface area contributed by atoms with Crippen molar-refractivity contribution in [3.8, 4) is 0 Å². The van der Waals surface area contributed by atoms with Crippen LogP contribution in [0.5, 0.6) is 0 Å². The molecule has 0 aliphatic rings. The summed E-state index contributed by atoms with van der Waals surface area (Å²) < 4.78 is 0. The number of hydrogen-bond acceptors (Lipinski definition) is 5. The number of carboxylic acid groups (broad SMARTS) is 1. The van der Waals surface area contributed by atoms with Gasteiger partial charge in [-0.3, -0.25) is 10.1 Å². The molecule has 2 rings (SSSR count). The van der Waals surface area contributed by atoms with E-state index in [2.05, 4.69) is 5.32 Å². The number of carboxylic acids is 1. The number of hydrogen-bond donors (Lipinski definition) is 2. The molecule has 6 nitrogen and oxygen atoms in total. The van der Waals surface area contributed by atoms with E-state index in [1.807, 2.05) is 6.92 Å². The molecule has 0 fully saturated rings. The third-order valence-electron chi connectivity index (χ3n) is 3.02. The van der Waals surface area contributed by atoms with E-state index in [9.17, 15) is 14.9 Å². The number of aryl methyl sites for hydroxylation is 1. The van der Waals surface area contributed by atoms with Gasteiger partial charge in [0.15, 0.2) is 0 Å². The Labute approximate surface area is 125 Å². The van der Waals surface area contributed by atoms with Crippen molar-refractivity contribution in [1.29, 1.82) is 0 Å². The predicted molar refractivity (Wildman–Crippen MR) is 79.7 cm³/mol. The molecule has 0 atom stereocenters. The second-order valence-corrected chi connectivity index (χ2v) is 5.78. The summed E-state index contributed by atoms with van der Waals surface area (Å²) in [6, 6.07) is 8.01. The molecule has 0 aliphatic heterocycles. The molecular weight excluding hydrogens is 292 g/mol. The molecule has 110 valence electrons. The molecule has 1 aromatic heterocycles. The van der Waals surface area contributed by atoms with Crippen LogP contribution in [-0.2, 0) is 13.1 Å². The highest BCUT2D eigenvalue weighted by molar-refractivity contribution is 7.14. The number of carbonyl (C=O) groups is 1. The summed E-state index contributed by atoms with van der Waals surface area (Å²) in [7, 11) is 0. The smallest absolute Gasteiger partial charge is 0.345 e. The normalized spacial score (nSPS) is 10.5. The fraction of sp³-hybridized carbons (Fsp3) is 0.214. The van der Waals surface area contributed by atoms with Gasteiger partial charge in [-0.25, -0.2) is 4.79 Å². The number of thiophene rings is 1. The van der Waals surface area contributed by atoms with Crippen LogP contribution in [0.1, 0.15) is 25.7 Å². The second-order valence-electron chi connectivity index (χ2n) is 4.52. The van der Waals surface area contributed by atoms with Gasteiger partial charge in [0, 0.05) is 30.1 Å². The quantitative estimate of drug-likeness (QED) is 0.632. The van der Waals surface area contributed by atoms with Gasteiger partial charge in [-0.05, 0) is 24.1 Å². The fourth-order valence-corrected chi connectivity index (χ4v) is 2.76. The van der Waals surface area contributed by atoms with Gasteiger partial charge in [-0.15, -0.1) is 11.3 Å². The minimum Gasteiger partial charge on any atom is -0.477 e. The SMILES string of the molecule is Cc1sc(C(=O)O)cc1CNCc1ccc([N+](=O)[O-])cc1. The monoisotopic (exact) mass is 306 g/mol. The van der Waals surface area contributed by atoms with Gasteiger partial charge in [-0.1, -0.05) is 12.1 Å². The maximum Gasteiger partial charge on any atom is 0.345 e. The molecule has 0 aliphatic carbocycles. The predicted octanol–water partition coefficient (Wildman–Crippen LogP) is 2.95. The highest BCUT2D eigenvalue weighted by Crippen LogP contribution is 2.21. The Kier molecular flexibility index (Phi) is 4.66. The number of benzene rings is 1. The lowest BCUT2D eigenvalue weighted by Gasteiger charge is -2.04. The van der Waals surface area contributed by atoms with E-state index in [0.717, 1.165) is 16.0 Å². The first kappa shape index (κ1) is 15.1. The second kappa shape index (κ2) is 6.47. The van der Waals surface area contributed by atoms with Gasteiger partial charge in [0.2, 0.25) is 0 Å². The summed E-state index contributed by atoms with van der Waals surface area (Å²) in [5.41, 5.74) is 1.96. The van der Waals surface area contributed by atoms with E-state index in [1.54, 1.807) is 18.2 Å². The van der Waals surface area contributed by atoms with Crippen molar-refractivity contribution in [1.82, 2.24) is 5.32 Å². The Morgan fingerprint density at radius 2 is 2.00 bits per heavy atom. The molecule has 0 unspecified atom stereocenters. The lowest BCUT2D eigenvalue weighted by Crippen LogP contribution is -2.12. The van der Waals surface area contributed by atoms with Crippen molar-refractivity contribution in [2.75, 3.05) is 0 Å². The van der Waals surface area contributed by atoms with Crippen LogP contribution in [0.15, 0.2) is 30.3 Å². The molecule has 7 heteroatoms. The molecule has 0 radical (unpaired) electrons. The van der Waals surface area contributed by atoms with Gasteiger partial charge >= 0.3 is 5.97 Å². The van der Waals surface area contributed by atoms with Crippen LogP contribution in [0.25, 0.3) is 0 Å². The van der Waals surface area contributed by atoms with Crippen molar-refractivity contribution in [2.24, 2.45) is 0 Å². The van der Waals surface area contributed by atoms with Crippen LogP contribution in [0.3, 0.4) is 0 Å². The number of nitrogens with zero attached hydrogens (tertiary/aromatic N) is 1. The molecule has 0 amide bonds. The Morgan fingerprint density at radius 1 is 1.33 bits per heavy atom. The third-order valence-corrected chi connectivity index (χ3v) is 4.10. The molecule has 0 saturated carbocycles. The number of non-ortho nitro benzene ring substituents is 1. The largest absolute Gasteiger partial charge is 0.477 e. The van der Waals surface area contributed by atoms with Gasteiger partial charge < -0.3 is 10.4 Å². The molecule has 0 saturated heterocycles. The minimum atomic E-state index is -0.912. The van der Waals surface area contributed by atoms with Gasteiger partial charge in [0.1, 0.15) is 4.88 Å². The van der Waals surface area contributed by atoms with Crippen LogP contribution in [0, 0.1) is 17.0 Å². The van der Waals surface area contributed by atoms with Crippen molar-refractivity contribution in [3.05, 3.63) is 61.3 Å². The zero-order valence-electron chi connectivity index (χ0n) is 11.3. The summed E-state index contributed by atoms with van der Waals surface area (Å²) in [6.45, 7) is 3.02. The lowest BCUT2D eigenvalue weighted by atomic mass is 10.2. The van der Waals surface area contributed by atoms with Crippen LogP contribution in [-0.4, -0.2) is 16.0 Å². The summed E-state index contributed by atoms with van der Waals surface area (Å²) in [4.78, 5) is 22.3. The van der Waals surface area contributed by atoms with Crippen LogP contribution in [0.2, 0.25) is 0 Å². The highest BCUT2D eigenvalue weighted by Gasteiger charge is 2.10. The van der Waals surface area contributed by atoms with Crippen molar-refractivity contribution >= 4 is 23.0 Å². The van der Waals surface area contributed by atoms with Gasteiger partial charge in [-0.2, -0.15) is 0 Å². The van der Waals surface area contributed by atoms with E-state index in [1.165, 1.54) is 23.5 Å². The molecule has 1 aromatic carbocycles. The van der Waals surface area contributed by atoms with Gasteiger partial charge in [0.25, 0.3) is 5.69 Å². The lowest BCUT2D eigenvalue weighted by molar-refractivity contribution is -0.384. The Hall–Kier alpha value is -2.25. The number of nitro groups is 1. The summed E-state index contributed by atoms with van der Waals surface area (Å²) in [6.07, 6.45) is 0. The van der Waals surface area contributed by atoms with Crippen LogP contribution >= 0.6 is 11.3 Å². The topological polar surface area (TPSA) is 92.5 Å². The molecule has 2 N–H and O–H groups in total. The Morgan fingerprint density at radius 3 is 2.52 bits per heavy atom. The molecular formula is C14H14N2O4S. The van der Waals surface area contributed by atoms with Crippen molar-refractivity contribution in [2.45, 2.75) is 20.0 Å². The first-order valence-electron chi connectivity index (χ1n) is 6.24. The molecule has 0 spiro atoms. The summed E-state index contributed by atoms with van der Waals surface area (Å²) in [5, 5.41) is 22.7. The summed E-state index contributed by atoms with van der Waals surface area (Å²) >= 11 is 1.26. The standard InChI is InChI=1S/C14H14N2O4S/c1-9-11(6-13(21-9)14(17)18)8-15-7-10-2-4-12(5-3-10)16(19)20/h2-6,15H,7-8H2,1H3,(H,17,18). The van der Waals surface area contributed by atoms with Gasteiger partial charge in [0.05, 0.1) is 4.92 Å². The number of rotatable bonds is 6. The van der Waals surface area contributed by atoms with E-state index in [0.29, 0.717) is 18.0 Å². The van der Waals surface area contributed by atoms with E-state index in [-0.39, 0.29) is 5.69 Å². The number of aromatic carboxylic acids is 1. The van der Waals surface area contributed by atoms with E-state index >= 15 is 0 Å². The zero-order valence-corrected chi connectivity index (χ0v) is 12.1. The van der Waals surface area contributed by atoms with Crippen LogP contribution < -0.4 is 5.32 Å². The highest BCUT2D eigenvalue weighted by atomic mass is 32.1. The molecule has 0 bridgehead atoms. The first-order chi connectivity index (χ1) is 9.97. The Balaban J connectivity index is 1.92. The van der Waals surface area contributed by atoms with Crippen LogP contribution in [0.4, 0.5) is 5.69 Å².